The maximum atomic E-state index is 13.1. The first kappa shape index (κ1) is 91.1. The number of hydrogen-bond donors (Lipinski definition) is 3. The fourth-order valence-electron chi connectivity index (χ4n) is 11.3. The Kier molecular flexibility index (Phi) is 65.9. The Hall–Kier alpha value is -1.94. The molecular formula is C74H144O17P2. The van der Waals surface area contributed by atoms with Crippen molar-refractivity contribution < 1.29 is 80.2 Å². The van der Waals surface area contributed by atoms with E-state index in [-0.39, 0.29) is 25.7 Å². The fraction of sp³-hybridized carbons (Fsp3) is 0.946. The third kappa shape index (κ3) is 67.0. The maximum absolute atomic E-state index is 13.1. The first-order valence-corrected chi connectivity index (χ1v) is 41.7. The minimum absolute atomic E-state index is 0.103. The lowest BCUT2D eigenvalue weighted by molar-refractivity contribution is -0.161. The van der Waals surface area contributed by atoms with Gasteiger partial charge in [-0.15, -0.1) is 0 Å². The molecule has 3 unspecified atom stereocenters. The molecular weight excluding hydrogens is 1220 g/mol. The zero-order valence-corrected chi connectivity index (χ0v) is 62.2. The first-order valence-electron chi connectivity index (χ1n) is 38.7. The van der Waals surface area contributed by atoms with E-state index in [0.717, 1.165) is 102 Å². The molecule has 0 aromatic carbocycles. The van der Waals surface area contributed by atoms with Gasteiger partial charge in [-0.25, -0.2) is 9.13 Å². The van der Waals surface area contributed by atoms with Crippen LogP contribution in [0.2, 0.25) is 0 Å². The van der Waals surface area contributed by atoms with Gasteiger partial charge in [0.1, 0.15) is 19.3 Å². The molecule has 19 heteroatoms. The van der Waals surface area contributed by atoms with E-state index < -0.39 is 97.5 Å². The molecule has 0 aliphatic carbocycles. The van der Waals surface area contributed by atoms with Crippen molar-refractivity contribution in [3.05, 3.63) is 0 Å². The van der Waals surface area contributed by atoms with Crippen LogP contribution in [-0.2, 0) is 65.4 Å². The molecule has 17 nitrogen and oxygen atoms in total. The van der Waals surface area contributed by atoms with Crippen molar-refractivity contribution in [2.24, 2.45) is 5.92 Å². The summed E-state index contributed by atoms with van der Waals surface area (Å²) in [6.45, 7) is 7.20. The van der Waals surface area contributed by atoms with Crippen LogP contribution in [0.1, 0.15) is 388 Å². The number of phosphoric ester groups is 2. The number of aliphatic hydroxyl groups is 1. The van der Waals surface area contributed by atoms with Crippen molar-refractivity contribution in [1.29, 1.82) is 0 Å². The molecule has 6 atom stereocenters. The van der Waals surface area contributed by atoms with Gasteiger partial charge in [-0.1, -0.05) is 336 Å². The van der Waals surface area contributed by atoms with Gasteiger partial charge in [-0.05, 0) is 31.6 Å². The summed E-state index contributed by atoms with van der Waals surface area (Å²) in [5, 5.41) is 10.6. The second-order valence-electron chi connectivity index (χ2n) is 26.9. The summed E-state index contributed by atoms with van der Waals surface area (Å²) in [4.78, 5) is 72.6. The summed E-state index contributed by atoms with van der Waals surface area (Å²) in [7, 11) is -9.90. The average molecular weight is 1370 g/mol. The topological polar surface area (TPSA) is 237 Å². The van der Waals surface area contributed by atoms with E-state index in [1.54, 1.807) is 0 Å². The highest BCUT2D eigenvalue weighted by molar-refractivity contribution is 7.47. The van der Waals surface area contributed by atoms with Gasteiger partial charge in [0.05, 0.1) is 26.4 Å². The van der Waals surface area contributed by atoms with E-state index >= 15 is 0 Å². The van der Waals surface area contributed by atoms with Gasteiger partial charge in [-0.2, -0.15) is 0 Å². The van der Waals surface area contributed by atoms with Crippen LogP contribution in [-0.4, -0.2) is 96.7 Å². The molecule has 0 rings (SSSR count). The van der Waals surface area contributed by atoms with Crippen molar-refractivity contribution in [2.45, 2.75) is 406 Å². The molecule has 0 aliphatic heterocycles. The molecule has 0 aromatic heterocycles. The van der Waals surface area contributed by atoms with Crippen LogP contribution >= 0.6 is 15.6 Å². The van der Waals surface area contributed by atoms with Gasteiger partial charge in [0.2, 0.25) is 0 Å². The van der Waals surface area contributed by atoms with Gasteiger partial charge in [-0.3, -0.25) is 37.3 Å². The van der Waals surface area contributed by atoms with Crippen molar-refractivity contribution >= 4 is 39.5 Å². The summed E-state index contributed by atoms with van der Waals surface area (Å²) in [5.74, 6) is -1.40. The highest BCUT2D eigenvalue weighted by atomic mass is 31.2. The Balaban J connectivity index is 5.19. The Labute approximate surface area is 568 Å². The van der Waals surface area contributed by atoms with Crippen LogP contribution in [0, 0.1) is 5.92 Å². The maximum Gasteiger partial charge on any atom is 0.472 e. The van der Waals surface area contributed by atoms with E-state index in [0.29, 0.717) is 25.7 Å². The minimum Gasteiger partial charge on any atom is -0.462 e. The van der Waals surface area contributed by atoms with Crippen LogP contribution in [0.25, 0.3) is 0 Å². The van der Waals surface area contributed by atoms with E-state index in [1.165, 1.54) is 205 Å². The van der Waals surface area contributed by atoms with Crippen LogP contribution in [0.15, 0.2) is 0 Å². The number of rotatable bonds is 74. The molecule has 0 bridgehead atoms. The Morgan fingerprint density at radius 2 is 0.516 bits per heavy atom. The summed E-state index contributed by atoms with van der Waals surface area (Å²) < 4.78 is 68.3. The summed E-state index contributed by atoms with van der Waals surface area (Å²) >= 11 is 0. The van der Waals surface area contributed by atoms with Crippen molar-refractivity contribution in [2.75, 3.05) is 39.6 Å². The smallest absolute Gasteiger partial charge is 0.462 e. The van der Waals surface area contributed by atoms with Gasteiger partial charge in [0.25, 0.3) is 0 Å². The van der Waals surface area contributed by atoms with Gasteiger partial charge >= 0.3 is 39.5 Å². The molecule has 552 valence electrons. The first-order chi connectivity index (χ1) is 45.1. The van der Waals surface area contributed by atoms with E-state index in [9.17, 15) is 43.2 Å². The van der Waals surface area contributed by atoms with Crippen molar-refractivity contribution in [3.63, 3.8) is 0 Å². The summed E-state index contributed by atoms with van der Waals surface area (Å²) in [6, 6.07) is 0. The number of aliphatic hydroxyl groups excluding tert-OH is 1. The number of phosphoric acid groups is 2. The number of esters is 4. The zero-order valence-electron chi connectivity index (χ0n) is 60.4. The molecule has 0 heterocycles. The molecule has 0 saturated carbocycles. The lowest BCUT2D eigenvalue weighted by Gasteiger charge is -2.21. The predicted molar refractivity (Wildman–Crippen MR) is 377 cm³/mol. The molecule has 0 spiro atoms. The molecule has 0 aromatic rings. The number of ether oxygens (including phenoxy) is 4. The van der Waals surface area contributed by atoms with Crippen molar-refractivity contribution in [1.82, 2.24) is 0 Å². The fourth-order valence-corrected chi connectivity index (χ4v) is 12.9. The third-order valence-corrected chi connectivity index (χ3v) is 19.5. The molecule has 93 heavy (non-hydrogen) atoms. The minimum atomic E-state index is -4.95. The van der Waals surface area contributed by atoms with Crippen LogP contribution in [0.3, 0.4) is 0 Å². The molecule has 3 N–H and O–H groups in total. The van der Waals surface area contributed by atoms with E-state index in [1.807, 2.05) is 0 Å². The number of carbonyl (C=O) groups excluding carboxylic acids is 4. The SMILES string of the molecule is CCCCCCCCCCCCCCCCCCCCC(=O)O[C@H](COC(=O)CCCCCCCCCCCCCCCCCCC)COP(=O)(O)OC[C@@H](O)COP(=O)(O)OC[C@@H](COC(=O)CCCCCCCCCC)OC(=O)CCCCCCCCC(C)CC. The monoisotopic (exact) mass is 1370 g/mol. The summed E-state index contributed by atoms with van der Waals surface area (Å²) in [5.41, 5.74) is 0. The lowest BCUT2D eigenvalue weighted by Crippen LogP contribution is -2.30. The average Bonchev–Trinajstić information content (AvgIpc) is 3.62. The van der Waals surface area contributed by atoms with Crippen molar-refractivity contribution in [3.8, 4) is 0 Å². The van der Waals surface area contributed by atoms with Gasteiger partial charge in [0, 0.05) is 25.7 Å². The molecule has 0 radical (unpaired) electrons. The normalized spacial score (nSPS) is 14.3. The summed E-state index contributed by atoms with van der Waals surface area (Å²) in [6.07, 6.45) is 55.7. The lowest BCUT2D eigenvalue weighted by atomic mass is 10.00. The Morgan fingerprint density at radius 1 is 0.301 bits per heavy atom. The number of unbranched alkanes of at least 4 members (excludes halogenated alkanes) is 45. The highest BCUT2D eigenvalue weighted by Gasteiger charge is 2.30. The number of hydrogen-bond acceptors (Lipinski definition) is 15. The third-order valence-electron chi connectivity index (χ3n) is 17.6. The standard InChI is InChI=1S/C74H144O17P2/c1-6-10-13-16-19-22-24-26-28-30-32-34-36-38-40-43-49-54-59-73(78)90-69(63-85-72(77)58-53-48-42-39-37-35-33-31-29-27-25-23-20-17-14-11-7-2)65-88-92(80,81)86-61-68(75)62-87-93(82,83)89-66-70(64-84-71(76)57-52-47-41-21-18-15-12-8-3)91-74(79)60-55-50-45-44-46-51-56-67(5)9-4/h67-70,75H,6-66H2,1-5H3,(H,80,81)(H,82,83)/t67?,68-,69-,70-/m1/s1. The second kappa shape index (κ2) is 67.3. The molecule has 0 amide bonds. The zero-order chi connectivity index (χ0) is 68.4. The van der Waals surface area contributed by atoms with E-state index in [2.05, 4.69) is 34.6 Å². The largest absolute Gasteiger partial charge is 0.472 e. The second-order valence-corrected chi connectivity index (χ2v) is 29.8. The van der Waals surface area contributed by atoms with Crippen LogP contribution in [0.5, 0.6) is 0 Å². The van der Waals surface area contributed by atoms with Crippen LogP contribution < -0.4 is 0 Å². The Morgan fingerprint density at radius 3 is 0.763 bits per heavy atom. The van der Waals surface area contributed by atoms with E-state index in [4.69, 9.17) is 37.0 Å². The Bertz CT molecular complexity index is 1790. The predicted octanol–water partition coefficient (Wildman–Crippen LogP) is 21.7. The quantitative estimate of drug-likeness (QED) is 0.0222. The van der Waals surface area contributed by atoms with Crippen LogP contribution in [0.4, 0.5) is 0 Å². The molecule has 0 fully saturated rings. The number of carbonyl (C=O) groups is 4. The van der Waals surface area contributed by atoms with Gasteiger partial charge < -0.3 is 33.8 Å². The molecule has 0 saturated heterocycles. The highest BCUT2D eigenvalue weighted by Crippen LogP contribution is 2.45. The molecule has 0 aliphatic rings. The van der Waals surface area contributed by atoms with Gasteiger partial charge in [0.15, 0.2) is 12.2 Å².